The largest absolute Gasteiger partial charge is 0.494 e. The standard InChI is InChI=1S/C18H27NO4/c1-2-22-18(21)16-8-11-19(12-9-16)10-3-13-23-17-6-4-15(14-20)5-7-17/h4-7,16,20H,2-3,8-14H2,1H3. The highest BCUT2D eigenvalue weighted by molar-refractivity contribution is 5.72. The third-order valence-corrected chi connectivity index (χ3v) is 4.20. The monoisotopic (exact) mass is 321 g/mol. The molecule has 0 unspecified atom stereocenters. The van der Waals surface area contributed by atoms with E-state index in [9.17, 15) is 4.79 Å². The summed E-state index contributed by atoms with van der Waals surface area (Å²) < 4.78 is 10.8. The summed E-state index contributed by atoms with van der Waals surface area (Å²) in [6, 6.07) is 7.51. The van der Waals surface area contributed by atoms with Crippen LogP contribution < -0.4 is 4.74 Å². The minimum absolute atomic E-state index is 0.0400. The molecule has 1 aliphatic rings. The smallest absolute Gasteiger partial charge is 0.309 e. The third kappa shape index (κ3) is 5.84. The highest BCUT2D eigenvalue weighted by atomic mass is 16.5. The van der Waals surface area contributed by atoms with Crippen LogP contribution in [0, 0.1) is 5.92 Å². The van der Waals surface area contributed by atoms with Crippen molar-refractivity contribution in [1.29, 1.82) is 0 Å². The zero-order chi connectivity index (χ0) is 16.5. The van der Waals surface area contributed by atoms with E-state index in [0.717, 1.165) is 50.2 Å². The molecule has 1 saturated heterocycles. The van der Waals surface area contributed by atoms with Crippen molar-refractivity contribution < 1.29 is 19.4 Å². The van der Waals surface area contributed by atoms with Crippen LogP contribution in [0.3, 0.4) is 0 Å². The second kappa shape index (κ2) is 9.53. The molecular weight excluding hydrogens is 294 g/mol. The summed E-state index contributed by atoms with van der Waals surface area (Å²) in [6.45, 7) is 5.95. The quantitative estimate of drug-likeness (QED) is 0.588. The predicted molar refractivity (Wildman–Crippen MR) is 88.3 cm³/mol. The van der Waals surface area contributed by atoms with Crippen LogP contribution >= 0.6 is 0 Å². The van der Waals surface area contributed by atoms with Gasteiger partial charge < -0.3 is 19.5 Å². The number of carbonyl (C=O) groups excluding carboxylic acids is 1. The summed E-state index contributed by atoms with van der Waals surface area (Å²) in [5.74, 6) is 0.873. The Bertz CT molecular complexity index is 466. The summed E-state index contributed by atoms with van der Waals surface area (Å²) >= 11 is 0. The van der Waals surface area contributed by atoms with Crippen molar-refractivity contribution in [3.05, 3.63) is 29.8 Å². The van der Waals surface area contributed by atoms with E-state index in [4.69, 9.17) is 14.6 Å². The number of nitrogens with zero attached hydrogens (tertiary/aromatic N) is 1. The first-order chi connectivity index (χ1) is 11.2. The Labute approximate surface area is 138 Å². The fourth-order valence-electron chi connectivity index (χ4n) is 2.82. The van der Waals surface area contributed by atoms with Crippen molar-refractivity contribution in [3.8, 4) is 5.75 Å². The van der Waals surface area contributed by atoms with Crippen LogP contribution in [-0.4, -0.2) is 48.8 Å². The number of hydrogen-bond acceptors (Lipinski definition) is 5. The number of carbonyl (C=O) groups is 1. The molecule has 0 spiro atoms. The van der Waals surface area contributed by atoms with Gasteiger partial charge in [0.1, 0.15) is 5.75 Å². The van der Waals surface area contributed by atoms with Crippen molar-refractivity contribution in [2.24, 2.45) is 5.92 Å². The second-order valence-corrected chi connectivity index (χ2v) is 5.87. The molecule has 0 saturated carbocycles. The van der Waals surface area contributed by atoms with Crippen LogP contribution in [-0.2, 0) is 16.1 Å². The number of piperidine rings is 1. The molecule has 0 atom stereocenters. The Morgan fingerprint density at radius 2 is 1.96 bits per heavy atom. The maximum Gasteiger partial charge on any atom is 0.309 e. The molecule has 0 radical (unpaired) electrons. The maximum atomic E-state index is 11.7. The first kappa shape index (κ1) is 17.8. The molecule has 1 N–H and O–H groups in total. The van der Waals surface area contributed by atoms with E-state index in [1.165, 1.54) is 0 Å². The molecule has 1 fully saturated rings. The average Bonchev–Trinajstić information content (AvgIpc) is 2.60. The molecule has 1 aromatic rings. The Kier molecular flexibility index (Phi) is 7.36. The topological polar surface area (TPSA) is 59.0 Å². The molecule has 5 heteroatoms. The van der Waals surface area contributed by atoms with E-state index in [0.29, 0.717) is 13.2 Å². The lowest BCUT2D eigenvalue weighted by Crippen LogP contribution is -2.37. The summed E-state index contributed by atoms with van der Waals surface area (Å²) in [6.07, 6.45) is 2.75. The third-order valence-electron chi connectivity index (χ3n) is 4.20. The van der Waals surface area contributed by atoms with Gasteiger partial charge in [0, 0.05) is 6.54 Å². The molecule has 0 aliphatic carbocycles. The summed E-state index contributed by atoms with van der Waals surface area (Å²) in [5, 5.41) is 8.99. The van der Waals surface area contributed by atoms with E-state index in [1.807, 2.05) is 31.2 Å². The minimum atomic E-state index is -0.0400. The number of aliphatic hydroxyl groups is 1. The molecule has 23 heavy (non-hydrogen) atoms. The minimum Gasteiger partial charge on any atom is -0.494 e. The lowest BCUT2D eigenvalue weighted by atomic mass is 9.97. The first-order valence-electron chi connectivity index (χ1n) is 8.44. The van der Waals surface area contributed by atoms with Gasteiger partial charge in [0.25, 0.3) is 0 Å². The highest BCUT2D eigenvalue weighted by Gasteiger charge is 2.25. The Morgan fingerprint density at radius 3 is 2.57 bits per heavy atom. The van der Waals surface area contributed by atoms with Crippen molar-refractivity contribution in [1.82, 2.24) is 4.90 Å². The van der Waals surface area contributed by atoms with Gasteiger partial charge in [-0.1, -0.05) is 12.1 Å². The van der Waals surface area contributed by atoms with Gasteiger partial charge in [-0.25, -0.2) is 0 Å². The highest BCUT2D eigenvalue weighted by Crippen LogP contribution is 2.19. The molecule has 0 bridgehead atoms. The number of rotatable bonds is 8. The molecule has 1 aromatic carbocycles. The first-order valence-corrected chi connectivity index (χ1v) is 8.44. The second-order valence-electron chi connectivity index (χ2n) is 5.87. The van der Waals surface area contributed by atoms with Gasteiger partial charge in [-0.2, -0.15) is 0 Å². The molecule has 5 nitrogen and oxygen atoms in total. The van der Waals surface area contributed by atoms with E-state index >= 15 is 0 Å². The van der Waals surface area contributed by atoms with E-state index in [-0.39, 0.29) is 18.5 Å². The van der Waals surface area contributed by atoms with E-state index in [1.54, 1.807) is 0 Å². The van der Waals surface area contributed by atoms with E-state index in [2.05, 4.69) is 4.90 Å². The molecule has 0 aromatic heterocycles. The van der Waals surface area contributed by atoms with Crippen molar-refractivity contribution in [3.63, 3.8) is 0 Å². The Hall–Kier alpha value is -1.59. The molecule has 0 amide bonds. The number of esters is 1. The van der Waals surface area contributed by atoms with Gasteiger partial charge in [-0.05, 0) is 57.0 Å². The van der Waals surface area contributed by atoms with Crippen molar-refractivity contribution in [2.75, 3.05) is 32.8 Å². The lowest BCUT2D eigenvalue weighted by Gasteiger charge is -2.30. The van der Waals surface area contributed by atoms with Crippen molar-refractivity contribution in [2.45, 2.75) is 32.8 Å². The van der Waals surface area contributed by atoms with Crippen LogP contribution in [0.1, 0.15) is 31.7 Å². The zero-order valence-electron chi connectivity index (χ0n) is 13.9. The van der Waals surface area contributed by atoms with Crippen molar-refractivity contribution >= 4 is 5.97 Å². The lowest BCUT2D eigenvalue weighted by molar-refractivity contribution is -0.149. The number of ether oxygens (including phenoxy) is 2. The summed E-state index contributed by atoms with van der Waals surface area (Å²) in [4.78, 5) is 14.1. The van der Waals surface area contributed by atoms with Crippen LogP contribution in [0.5, 0.6) is 5.75 Å². The Morgan fingerprint density at radius 1 is 1.26 bits per heavy atom. The average molecular weight is 321 g/mol. The zero-order valence-corrected chi connectivity index (χ0v) is 13.9. The van der Waals surface area contributed by atoms with Gasteiger partial charge in [-0.15, -0.1) is 0 Å². The van der Waals surface area contributed by atoms with E-state index < -0.39 is 0 Å². The Balaban J connectivity index is 1.59. The number of hydrogen-bond donors (Lipinski definition) is 1. The number of benzene rings is 1. The molecular formula is C18H27NO4. The fraction of sp³-hybridized carbons (Fsp3) is 0.611. The number of likely N-dealkylation sites (tertiary alicyclic amines) is 1. The van der Waals surface area contributed by atoms with Crippen LogP contribution in [0.15, 0.2) is 24.3 Å². The maximum absolute atomic E-state index is 11.7. The van der Waals surface area contributed by atoms with Gasteiger partial charge in [-0.3, -0.25) is 4.79 Å². The van der Waals surface area contributed by atoms with Gasteiger partial charge >= 0.3 is 5.97 Å². The van der Waals surface area contributed by atoms with Gasteiger partial charge in [0.15, 0.2) is 0 Å². The molecule has 1 heterocycles. The fourth-order valence-corrected chi connectivity index (χ4v) is 2.82. The van der Waals surface area contributed by atoms with Gasteiger partial charge in [0.05, 0.1) is 25.7 Å². The van der Waals surface area contributed by atoms with Crippen LogP contribution in [0.4, 0.5) is 0 Å². The SMILES string of the molecule is CCOC(=O)C1CCN(CCCOc2ccc(CO)cc2)CC1. The molecule has 2 rings (SSSR count). The summed E-state index contributed by atoms with van der Waals surface area (Å²) in [7, 11) is 0. The van der Waals surface area contributed by atoms with Gasteiger partial charge in [0.2, 0.25) is 0 Å². The van der Waals surface area contributed by atoms with Crippen LogP contribution in [0.2, 0.25) is 0 Å². The summed E-state index contributed by atoms with van der Waals surface area (Å²) in [5.41, 5.74) is 0.891. The van der Waals surface area contributed by atoms with Crippen LogP contribution in [0.25, 0.3) is 0 Å². The normalized spacial score (nSPS) is 16.3. The predicted octanol–water partition coefficient (Wildman–Crippen LogP) is 2.22. The number of aliphatic hydroxyl groups excluding tert-OH is 1. The molecule has 1 aliphatic heterocycles. The molecule has 128 valence electrons.